The third-order valence-electron chi connectivity index (χ3n) is 1.56. The van der Waals surface area contributed by atoms with E-state index < -0.39 is 11.5 Å². The molecule has 0 bridgehead atoms. The minimum Gasteiger partial charge on any atom is -0.479 e. The summed E-state index contributed by atoms with van der Waals surface area (Å²) in [7, 11) is 0. The van der Waals surface area contributed by atoms with Crippen LogP contribution in [0.1, 0.15) is 13.8 Å². The van der Waals surface area contributed by atoms with Crippen LogP contribution in [-0.2, 0) is 4.79 Å². The van der Waals surface area contributed by atoms with Crippen LogP contribution < -0.4 is 0 Å². The molecule has 11 heavy (non-hydrogen) atoms. The van der Waals surface area contributed by atoms with Crippen molar-refractivity contribution in [3.05, 3.63) is 10.2 Å². The van der Waals surface area contributed by atoms with E-state index in [-0.39, 0.29) is 0 Å². The number of carboxylic acids is 1. The number of rotatable bonds is 1. The molecule has 0 spiro atoms. The van der Waals surface area contributed by atoms with Gasteiger partial charge in [-0.3, -0.25) is 0 Å². The van der Waals surface area contributed by atoms with Crippen molar-refractivity contribution >= 4 is 21.9 Å². The molecule has 60 valence electrons. The fraction of sp³-hybridized carbons (Fsp3) is 0.500. The van der Waals surface area contributed by atoms with Crippen LogP contribution in [0, 0.1) is 0 Å². The van der Waals surface area contributed by atoms with Gasteiger partial charge in [0.2, 0.25) is 5.54 Å². The largest absolute Gasteiger partial charge is 0.479 e. The van der Waals surface area contributed by atoms with E-state index >= 15 is 0 Å². The molecule has 0 aromatic rings. The van der Waals surface area contributed by atoms with Crippen molar-refractivity contribution in [3.8, 4) is 0 Å². The second-order valence-corrected chi connectivity index (χ2v) is 3.27. The van der Waals surface area contributed by atoms with Gasteiger partial charge in [0, 0.05) is 0 Å². The molecule has 0 saturated heterocycles. The topological polar surface area (TPSA) is 62.0 Å². The summed E-state index contributed by atoms with van der Waals surface area (Å²) in [5.41, 5.74) is -0.584. The van der Waals surface area contributed by atoms with Gasteiger partial charge in [-0.05, 0) is 13.8 Å². The van der Waals surface area contributed by atoms with Gasteiger partial charge in [-0.25, -0.2) is 4.79 Å². The van der Waals surface area contributed by atoms with E-state index in [9.17, 15) is 4.79 Å². The summed E-state index contributed by atoms with van der Waals surface area (Å²) in [5.74, 6) is -0.995. The molecule has 5 heteroatoms. The Morgan fingerprint density at radius 3 is 2.45 bits per heavy atom. The van der Waals surface area contributed by atoms with Gasteiger partial charge in [0.15, 0.2) is 0 Å². The SMILES string of the molecule is CC1=C(Br)C(C)(C(=O)O)N=N1. The lowest BCUT2D eigenvalue weighted by Crippen LogP contribution is -2.31. The molecule has 0 amide bonds. The molecule has 4 nitrogen and oxygen atoms in total. The predicted octanol–water partition coefficient (Wildman–Crippen LogP) is 1.92. The Balaban J connectivity index is 3.12. The van der Waals surface area contributed by atoms with Crippen LogP contribution in [-0.4, -0.2) is 16.6 Å². The minimum atomic E-state index is -1.20. The maximum absolute atomic E-state index is 10.7. The average molecular weight is 219 g/mol. The molecule has 1 rings (SSSR count). The number of hydrogen-bond donors (Lipinski definition) is 1. The highest BCUT2D eigenvalue weighted by atomic mass is 79.9. The Kier molecular flexibility index (Phi) is 1.83. The van der Waals surface area contributed by atoms with E-state index in [1.807, 2.05) is 0 Å². The summed E-state index contributed by atoms with van der Waals surface area (Å²) < 4.78 is 0.525. The molecule has 0 saturated carbocycles. The molecule has 1 unspecified atom stereocenters. The van der Waals surface area contributed by atoms with Crippen LogP contribution in [0.15, 0.2) is 20.4 Å². The number of hydrogen-bond acceptors (Lipinski definition) is 3. The smallest absolute Gasteiger partial charge is 0.338 e. The van der Waals surface area contributed by atoms with E-state index in [0.717, 1.165) is 0 Å². The van der Waals surface area contributed by atoms with Gasteiger partial charge in [0.1, 0.15) is 0 Å². The molecule has 0 aliphatic carbocycles. The number of aliphatic carboxylic acids is 1. The average Bonchev–Trinajstić information content (AvgIpc) is 2.18. The summed E-state index contributed by atoms with van der Waals surface area (Å²) in [6.07, 6.45) is 0. The summed E-state index contributed by atoms with van der Waals surface area (Å²) in [5, 5.41) is 16.0. The van der Waals surface area contributed by atoms with Crippen molar-refractivity contribution in [1.29, 1.82) is 0 Å². The van der Waals surface area contributed by atoms with Gasteiger partial charge in [-0.15, -0.1) is 0 Å². The van der Waals surface area contributed by atoms with Gasteiger partial charge >= 0.3 is 5.97 Å². The molecule has 0 aromatic heterocycles. The van der Waals surface area contributed by atoms with E-state index in [0.29, 0.717) is 10.2 Å². The molecule has 1 heterocycles. The Bertz CT molecular complexity index is 272. The molecule has 1 aliphatic rings. The first-order chi connectivity index (χ1) is 4.98. The van der Waals surface area contributed by atoms with E-state index in [1.54, 1.807) is 6.92 Å². The van der Waals surface area contributed by atoms with Crippen molar-refractivity contribution < 1.29 is 9.90 Å². The van der Waals surface area contributed by atoms with Crippen molar-refractivity contribution in [2.45, 2.75) is 19.4 Å². The lowest BCUT2D eigenvalue weighted by Gasteiger charge is -2.12. The van der Waals surface area contributed by atoms with E-state index in [1.165, 1.54) is 6.92 Å². The second-order valence-electron chi connectivity index (χ2n) is 2.48. The summed E-state index contributed by atoms with van der Waals surface area (Å²) in [6.45, 7) is 3.21. The summed E-state index contributed by atoms with van der Waals surface area (Å²) in [4.78, 5) is 10.7. The zero-order valence-corrected chi connectivity index (χ0v) is 7.71. The van der Waals surface area contributed by atoms with Gasteiger partial charge in [0.25, 0.3) is 0 Å². The van der Waals surface area contributed by atoms with Crippen LogP contribution in [0.5, 0.6) is 0 Å². The molecular formula is C6H7BrN2O2. The van der Waals surface area contributed by atoms with Crippen molar-refractivity contribution in [1.82, 2.24) is 0 Å². The minimum absolute atomic E-state index is 0.525. The zero-order valence-electron chi connectivity index (χ0n) is 6.13. The third kappa shape index (κ3) is 1.09. The highest BCUT2D eigenvalue weighted by molar-refractivity contribution is 9.11. The highest BCUT2D eigenvalue weighted by Gasteiger charge is 2.41. The number of halogens is 1. The van der Waals surface area contributed by atoms with Gasteiger partial charge in [-0.1, -0.05) is 15.9 Å². The molecule has 1 aliphatic heterocycles. The maximum atomic E-state index is 10.7. The van der Waals surface area contributed by atoms with Gasteiger partial charge in [0.05, 0.1) is 10.2 Å². The number of nitrogens with zero attached hydrogens (tertiary/aromatic N) is 2. The lowest BCUT2D eigenvalue weighted by molar-refractivity contribution is -0.140. The molecule has 0 aromatic carbocycles. The Hall–Kier alpha value is -0.710. The fourth-order valence-electron chi connectivity index (χ4n) is 0.752. The van der Waals surface area contributed by atoms with Gasteiger partial charge in [-0.2, -0.15) is 10.2 Å². The first kappa shape index (κ1) is 8.39. The molecule has 1 atom stereocenters. The quantitative estimate of drug-likeness (QED) is 0.732. The monoisotopic (exact) mass is 218 g/mol. The molecular weight excluding hydrogens is 212 g/mol. The summed E-state index contributed by atoms with van der Waals surface area (Å²) >= 11 is 3.14. The molecule has 0 radical (unpaired) electrons. The zero-order chi connectivity index (χ0) is 8.65. The van der Waals surface area contributed by atoms with Crippen LogP contribution in [0.2, 0.25) is 0 Å². The third-order valence-corrected chi connectivity index (χ3v) is 2.91. The predicted molar refractivity (Wildman–Crippen MR) is 42.5 cm³/mol. The molecule has 0 fully saturated rings. The normalized spacial score (nSPS) is 29.7. The van der Waals surface area contributed by atoms with Crippen LogP contribution in [0.25, 0.3) is 0 Å². The lowest BCUT2D eigenvalue weighted by atomic mass is 10.0. The van der Waals surface area contributed by atoms with Crippen molar-refractivity contribution in [3.63, 3.8) is 0 Å². The van der Waals surface area contributed by atoms with Crippen LogP contribution >= 0.6 is 15.9 Å². The first-order valence-electron chi connectivity index (χ1n) is 3.01. The first-order valence-corrected chi connectivity index (χ1v) is 3.81. The Morgan fingerprint density at radius 1 is 1.73 bits per heavy atom. The summed E-state index contributed by atoms with van der Waals surface area (Å²) in [6, 6.07) is 0. The standard InChI is InChI=1S/C6H7BrN2O2/c1-3-4(7)6(2,5(10)11)9-8-3/h1-2H3,(H,10,11). The fourth-order valence-corrected chi connectivity index (χ4v) is 1.08. The second kappa shape index (κ2) is 2.41. The maximum Gasteiger partial charge on any atom is 0.338 e. The Labute approximate surface area is 72.1 Å². The highest BCUT2D eigenvalue weighted by Crippen LogP contribution is 2.36. The van der Waals surface area contributed by atoms with Crippen LogP contribution in [0.3, 0.4) is 0 Å². The Morgan fingerprint density at radius 2 is 2.27 bits per heavy atom. The number of carbonyl (C=O) groups is 1. The van der Waals surface area contributed by atoms with Crippen molar-refractivity contribution in [2.75, 3.05) is 0 Å². The van der Waals surface area contributed by atoms with E-state index in [2.05, 4.69) is 26.2 Å². The van der Waals surface area contributed by atoms with E-state index in [4.69, 9.17) is 5.11 Å². The van der Waals surface area contributed by atoms with Crippen LogP contribution in [0.4, 0.5) is 0 Å². The van der Waals surface area contributed by atoms with Gasteiger partial charge < -0.3 is 5.11 Å². The number of carboxylic acid groups (broad SMARTS) is 1. The van der Waals surface area contributed by atoms with Crippen molar-refractivity contribution in [2.24, 2.45) is 10.2 Å². The number of azo groups is 1. The molecule has 1 N–H and O–H groups in total. The number of allylic oxidation sites excluding steroid dienone is 1.